The number of halogens is 3. The molecule has 4 nitrogen and oxygen atoms in total. The third-order valence-electron chi connectivity index (χ3n) is 1.30. The average Bonchev–Trinajstić information content (AvgIpc) is 2.54. The highest BCUT2D eigenvalue weighted by atomic mass is 19.4. The number of imidazole rings is 1. The monoisotopic (exact) mass is 209 g/mol. The van der Waals surface area contributed by atoms with Crippen LogP contribution < -0.4 is 5.32 Å². The van der Waals surface area contributed by atoms with Gasteiger partial charge in [0.1, 0.15) is 6.61 Å². The number of ether oxygens (including phenoxy) is 1. The lowest BCUT2D eigenvalue weighted by atomic mass is 10.6. The molecule has 0 atom stereocenters. The summed E-state index contributed by atoms with van der Waals surface area (Å²) >= 11 is 0. The van der Waals surface area contributed by atoms with Crippen molar-refractivity contribution in [2.24, 2.45) is 0 Å². The molecule has 1 rings (SSSR count). The summed E-state index contributed by atoms with van der Waals surface area (Å²) in [5.41, 5.74) is 0. The Morgan fingerprint density at radius 1 is 1.50 bits per heavy atom. The van der Waals surface area contributed by atoms with E-state index in [1.54, 1.807) is 12.4 Å². The van der Waals surface area contributed by atoms with Crippen molar-refractivity contribution in [2.45, 2.75) is 6.18 Å². The van der Waals surface area contributed by atoms with Gasteiger partial charge in [-0.1, -0.05) is 0 Å². The number of hydrogen-bond acceptors (Lipinski definition) is 3. The maximum absolute atomic E-state index is 11.6. The van der Waals surface area contributed by atoms with Crippen molar-refractivity contribution in [2.75, 3.05) is 25.1 Å². The summed E-state index contributed by atoms with van der Waals surface area (Å²) in [6, 6.07) is 0. The highest BCUT2D eigenvalue weighted by Crippen LogP contribution is 2.13. The van der Waals surface area contributed by atoms with Crippen LogP contribution in [0.4, 0.5) is 19.1 Å². The van der Waals surface area contributed by atoms with Gasteiger partial charge in [0.05, 0.1) is 6.61 Å². The Bertz CT molecular complexity index is 247. The molecule has 0 aromatic carbocycles. The molecule has 0 amide bonds. The van der Waals surface area contributed by atoms with Gasteiger partial charge in [0.2, 0.25) is 0 Å². The van der Waals surface area contributed by atoms with E-state index in [9.17, 15) is 13.2 Å². The van der Waals surface area contributed by atoms with Crippen molar-refractivity contribution in [3.05, 3.63) is 12.4 Å². The van der Waals surface area contributed by atoms with Crippen molar-refractivity contribution in [1.82, 2.24) is 9.97 Å². The topological polar surface area (TPSA) is 49.9 Å². The van der Waals surface area contributed by atoms with Crippen LogP contribution in [-0.2, 0) is 4.74 Å². The Balaban J connectivity index is 2.00. The fourth-order valence-electron chi connectivity index (χ4n) is 0.791. The number of aromatic nitrogens is 2. The zero-order valence-electron chi connectivity index (χ0n) is 7.27. The van der Waals surface area contributed by atoms with Gasteiger partial charge in [-0.3, -0.25) is 0 Å². The van der Waals surface area contributed by atoms with Crippen LogP contribution in [0.5, 0.6) is 0 Å². The molecular formula is C7H10F3N3O. The zero-order valence-corrected chi connectivity index (χ0v) is 7.27. The van der Waals surface area contributed by atoms with Crippen molar-refractivity contribution in [3.8, 4) is 0 Å². The summed E-state index contributed by atoms with van der Waals surface area (Å²) in [6.45, 7) is -0.948. The van der Waals surface area contributed by atoms with Gasteiger partial charge in [-0.2, -0.15) is 13.2 Å². The van der Waals surface area contributed by atoms with Gasteiger partial charge in [-0.15, -0.1) is 0 Å². The Hall–Kier alpha value is -1.24. The Kier molecular flexibility index (Phi) is 3.75. The summed E-state index contributed by atoms with van der Waals surface area (Å²) in [5.74, 6) is 0.514. The molecule has 1 heterocycles. The molecule has 7 heteroatoms. The molecule has 14 heavy (non-hydrogen) atoms. The number of H-pyrrole nitrogens is 1. The third kappa shape index (κ3) is 4.70. The SMILES string of the molecule is FC(F)(F)COCCNc1ncc[nH]1. The molecule has 1 aromatic rings. The Morgan fingerprint density at radius 3 is 2.86 bits per heavy atom. The first-order valence-corrected chi connectivity index (χ1v) is 3.96. The quantitative estimate of drug-likeness (QED) is 0.720. The maximum Gasteiger partial charge on any atom is 0.411 e. The van der Waals surface area contributed by atoms with Crippen LogP contribution in [0.1, 0.15) is 0 Å². The number of alkyl halides is 3. The molecule has 0 unspecified atom stereocenters. The van der Waals surface area contributed by atoms with E-state index in [1.165, 1.54) is 0 Å². The smallest absolute Gasteiger partial charge is 0.370 e. The number of hydrogen-bond donors (Lipinski definition) is 2. The molecule has 0 aliphatic carbocycles. The highest BCUT2D eigenvalue weighted by Gasteiger charge is 2.27. The van der Waals surface area contributed by atoms with Gasteiger partial charge < -0.3 is 15.0 Å². The molecule has 0 saturated carbocycles. The van der Waals surface area contributed by atoms with E-state index in [1.807, 2.05) is 0 Å². The first kappa shape index (κ1) is 10.8. The van der Waals surface area contributed by atoms with Gasteiger partial charge >= 0.3 is 6.18 Å². The van der Waals surface area contributed by atoms with E-state index in [4.69, 9.17) is 0 Å². The van der Waals surface area contributed by atoms with E-state index in [2.05, 4.69) is 20.0 Å². The van der Waals surface area contributed by atoms with Crippen molar-refractivity contribution in [1.29, 1.82) is 0 Å². The lowest BCUT2D eigenvalue weighted by Gasteiger charge is -2.07. The molecule has 80 valence electrons. The maximum atomic E-state index is 11.6. The summed E-state index contributed by atoms with van der Waals surface area (Å²) in [6.07, 6.45) is -1.11. The van der Waals surface area contributed by atoms with E-state index < -0.39 is 12.8 Å². The van der Waals surface area contributed by atoms with Crippen molar-refractivity contribution in [3.63, 3.8) is 0 Å². The van der Waals surface area contributed by atoms with E-state index >= 15 is 0 Å². The number of aromatic amines is 1. The first-order valence-electron chi connectivity index (χ1n) is 3.96. The van der Waals surface area contributed by atoms with Crippen molar-refractivity contribution < 1.29 is 17.9 Å². The van der Waals surface area contributed by atoms with Gasteiger partial charge in [0.15, 0.2) is 5.95 Å². The summed E-state index contributed by atoms with van der Waals surface area (Å²) in [7, 11) is 0. The second-order valence-electron chi connectivity index (χ2n) is 2.53. The van der Waals surface area contributed by atoms with Gasteiger partial charge in [-0.25, -0.2) is 4.98 Å². The average molecular weight is 209 g/mol. The summed E-state index contributed by atoms with van der Waals surface area (Å²) < 4.78 is 39.1. The molecule has 0 aliphatic rings. The number of nitrogens with zero attached hydrogens (tertiary/aromatic N) is 1. The van der Waals surface area contributed by atoms with Crippen LogP contribution in [0.25, 0.3) is 0 Å². The lowest BCUT2D eigenvalue weighted by Crippen LogP contribution is -2.20. The number of anilines is 1. The second kappa shape index (κ2) is 4.85. The molecule has 0 bridgehead atoms. The predicted molar refractivity (Wildman–Crippen MR) is 44.0 cm³/mol. The number of rotatable bonds is 5. The minimum absolute atomic E-state index is 0.0137. The lowest BCUT2D eigenvalue weighted by molar-refractivity contribution is -0.172. The number of nitrogens with one attached hydrogen (secondary N) is 2. The normalized spacial score (nSPS) is 11.6. The second-order valence-corrected chi connectivity index (χ2v) is 2.53. The minimum Gasteiger partial charge on any atom is -0.370 e. The van der Waals surface area contributed by atoms with Gasteiger partial charge in [0, 0.05) is 18.9 Å². The van der Waals surface area contributed by atoms with Crippen LogP contribution in [0, 0.1) is 0 Å². The van der Waals surface area contributed by atoms with E-state index in [0.717, 1.165) is 0 Å². The minimum atomic E-state index is -4.26. The van der Waals surface area contributed by atoms with Crippen molar-refractivity contribution >= 4 is 5.95 Å². The Morgan fingerprint density at radius 2 is 2.29 bits per heavy atom. The molecule has 2 N–H and O–H groups in total. The van der Waals surface area contributed by atoms with Crippen LogP contribution in [0.3, 0.4) is 0 Å². The molecule has 1 aromatic heterocycles. The Labute approximate surface area is 78.5 Å². The van der Waals surface area contributed by atoms with Gasteiger partial charge in [-0.05, 0) is 0 Å². The standard InChI is InChI=1S/C7H10F3N3O/c8-7(9,10)5-14-4-3-13-6-11-1-2-12-6/h1-2H,3-5H2,(H2,11,12,13). The molecule has 0 saturated heterocycles. The van der Waals surface area contributed by atoms with Crippen LogP contribution >= 0.6 is 0 Å². The highest BCUT2D eigenvalue weighted by molar-refractivity contribution is 5.22. The van der Waals surface area contributed by atoms with Crippen LogP contribution in [0.15, 0.2) is 12.4 Å². The molecule has 0 aliphatic heterocycles. The van der Waals surface area contributed by atoms with E-state index in [0.29, 0.717) is 5.95 Å². The summed E-state index contributed by atoms with van der Waals surface area (Å²) in [5, 5.41) is 2.75. The zero-order chi connectivity index (χ0) is 10.4. The largest absolute Gasteiger partial charge is 0.411 e. The van der Waals surface area contributed by atoms with E-state index in [-0.39, 0.29) is 13.2 Å². The molecule has 0 spiro atoms. The first-order chi connectivity index (χ1) is 6.58. The van der Waals surface area contributed by atoms with Gasteiger partial charge in [0.25, 0.3) is 0 Å². The fourth-order valence-corrected chi connectivity index (χ4v) is 0.791. The molecule has 0 radical (unpaired) electrons. The van der Waals surface area contributed by atoms with Crippen LogP contribution in [-0.4, -0.2) is 35.9 Å². The molecular weight excluding hydrogens is 199 g/mol. The third-order valence-corrected chi connectivity index (χ3v) is 1.30. The summed E-state index contributed by atoms with van der Waals surface area (Å²) in [4.78, 5) is 6.56. The van der Waals surface area contributed by atoms with Crippen LogP contribution in [0.2, 0.25) is 0 Å². The molecule has 0 fully saturated rings. The fraction of sp³-hybridized carbons (Fsp3) is 0.571. The predicted octanol–water partition coefficient (Wildman–Crippen LogP) is 1.40.